The van der Waals surface area contributed by atoms with E-state index < -0.39 is 0 Å². The van der Waals surface area contributed by atoms with Crippen molar-refractivity contribution in [1.29, 1.82) is 0 Å². The van der Waals surface area contributed by atoms with Gasteiger partial charge in [0.1, 0.15) is 5.82 Å². The third-order valence-corrected chi connectivity index (χ3v) is 3.91. The number of nitrogens with zero attached hydrogens (tertiary/aromatic N) is 1. The molecule has 2 N–H and O–H groups in total. The maximum atomic E-state index is 13.3. The fourth-order valence-corrected chi connectivity index (χ4v) is 2.56. The standard InChI is InChI=1S/C14H17FN2OS/c1-10-14(19-9-17-10)4-5-18-8-11-2-3-13(15)12(6-11)7-16/h2-3,6,9H,4-5,7-8,16H2,1H3. The Balaban J connectivity index is 1.81. The van der Waals surface area contributed by atoms with Crippen molar-refractivity contribution in [1.82, 2.24) is 4.98 Å². The summed E-state index contributed by atoms with van der Waals surface area (Å²) in [6.45, 7) is 3.32. The minimum Gasteiger partial charge on any atom is -0.376 e. The van der Waals surface area contributed by atoms with Crippen LogP contribution in [0.2, 0.25) is 0 Å². The van der Waals surface area contributed by atoms with Gasteiger partial charge in [-0.1, -0.05) is 6.07 Å². The monoisotopic (exact) mass is 280 g/mol. The molecule has 102 valence electrons. The molecule has 2 rings (SSSR count). The van der Waals surface area contributed by atoms with E-state index in [1.165, 1.54) is 10.9 Å². The Morgan fingerprint density at radius 1 is 1.42 bits per heavy atom. The number of hydrogen-bond donors (Lipinski definition) is 1. The third-order valence-electron chi connectivity index (χ3n) is 2.92. The fraction of sp³-hybridized carbons (Fsp3) is 0.357. The highest BCUT2D eigenvalue weighted by Crippen LogP contribution is 2.14. The summed E-state index contributed by atoms with van der Waals surface area (Å²) in [6.07, 6.45) is 0.863. The molecule has 0 radical (unpaired) electrons. The van der Waals surface area contributed by atoms with Gasteiger partial charge in [-0.15, -0.1) is 11.3 Å². The molecule has 0 bridgehead atoms. The van der Waals surface area contributed by atoms with Crippen LogP contribution in [-0.2, 0) is 24.3 Å². The first-order valence-electron chi connectivity index (χ1n) is 6.14. The molecule has 2 aromatic rings. The molecule has 1 aromatic carbocycles. The Morgan fingerprint density at radius 3 is 2.95 bits per heavy atom. The normalized spacial score (nSPS) is 10.9. The van der Waals surface area contributed by atoms with Crippen molar-refractivity contribution in [3.8, 4) is 0 Å². The second kappa shape index (κ2) is 6.75. The fourth-order valence-electron chi connectivity index (χ4n) is 1.80. The molecule has 0 saturated heterocycles. The second-order valence-corrected chi connectivity index (χ2v) is 5.23. The molecular weight excluding hydrogens is 263 g/mol. The van der Waals surface area contributed by atoms with Crippen molar-refractivity contribution in [3.05, 3.63) is 51.2 Å². The van der Waals surface area contributed by atoms with E-state index in [4.69, 9.17) is 10.5 Å². The predicted octanol–water partition coefficient (Wildman–Crippen LogP) is 2.81. The summed E-state index contributed by atoms with van der Waals surface area (Å²) >= 11 is 1.65. The van der Waals surface area contributed by atoms with Crippen molar-refractivity contribution in [2.24, 2.45) is 5.73 Å². The molecule has 0 fully saturated rings. The van der Waals surface area contributed by atoms with Gasteiger partial charge in [-0.25, -0.2) is 9.37 Å². The quantitative estimate of drug-likeness (QED) is 0.828. The highest BCUT2D eigenvalue weighted by molar-refractivity contribution is 7.09. The van der Waals surface area contributed by atoms with Crippen molar-refractivity contribution in [3.63, 3.8) is 0 Å². The molecule has 0 aliphatic heterocycles. The summed E-state index contributed by atoms with van der Waals surface area (Å²) in [4.78, 5) is 5.44. The number of benzene rings is 1. The van der Waals surface area contributed by atoms with E-state index in [2.05, 4.69) is 4.98 Å². The van der Waals surface area contributed by atoms with Gasteiger partial charge >= 0.3 is 0 Å². The maximum absolute atomic E-state index is 13.3. The summed E-state index contributed by atoms with van der Waals surface area (Å²) in [7, 11) is 0. The molecule has 0 spiro atoms. The number of aromatic nitrogens is 1. The van der Waals surface area contributed by atoms with Crippen LogP contribution in [0.15, 0.2) is 23.7 Å². The summed E-state index contributed by atoms with van der Waals surface area (Å²) < 4.78 is 18.9. The summed E-state index contributed by atoms with van der Waals surface area (Å²) in [5.41, 5.74) is 9.86. The number of halogens is 1. The molecule has 0 aliphatic rings. The first-order chi connectivity index (χ1) is 9.20. The average Bonchev–Trinajstić information content (AvgIpc) is 2.82. The van der Waals surface area contributed by atoms with Crippen LogP contribution in [0.3, 0.4) is 0 Å². The van der Waals surface area contributed by atoms with E-state index in [-0.39, 0.29) is 12.4 Å². The minimum atomic E-state index is -0.258. The molecule has 1 aromatic heterocycles. The lowest BCUT2D eigenvalue weighted by atomic mass is 10.1. The smallest absolute Gasteiger partial charge is 0.127 e. The average molecular weight is 280 g/mol. The maximum Gasteiger partial charge on any atom is 0.127 e. The number of thiazole rings is 1. The Morgan fingerprint density at radius 2 is 2.26 bits per heavy atom. The lowest BCUT2D eigenvalue weighted by molar-refractivity contribution is 0.124. The van der Waals surface area contributed by atoms with E-state index in [9.17, 15) is 4.39 Å². The third kappa shape index (κ3) is 3.83. The highest BCUT2D eigenvalue weighted by atomic mass is 32.1. The molecule has 0 saturated carbocycles. The van der Waals surface area contributed by atoms with Crippen LogP contribution in [0.25, 0.3) is 0 Å². The van der Waals surface area contributed by atoms with E-state index in [1.807, 2.05) is 12.4 Å². The lowest BCUT2D eigenvalue weighted by Crippen LogP contribution is -2.03. The van der Waals surface area contributed by atoms with Gasteiger partial charge < -0.3 is 10.5 Å². The Hall–Kier alpha value is -1.30. The molecular formula is C14H17FN2OS. The van der Waals surface area contributed by atoms with Crippen molar-refractivity contribution >= 4 is 11.3 Å². The van der Waals surface area contributed by atoms with Crippen LogP contribution in [0.4, 0.5) is 4.39 Å². The SMILES string of the molecule is Cc1ncsc1CCOCc1ccc(F)c(CN)c1. The molecule has 5 heteroatoms. The zero-order valence-corrected chi connectivity index (χ0v) is 11.7. The summed E-state index contributed by atoms with van der Waals surface area (Å²) in [5, 5.41) is 0. The number of nitrogens with two attached hydrogens (primary N) is 1. The van der Waals surface area contributed by atoms with Crippen LogP contribution >= 0.6 is 11.3 Å². The summed E-state index contributed by atoms with van der Waals surface area (Å²) in [5.74, 6) is -0.258. The molecule has 3 nitrogen and oxygen atoms in total. The van der Waals surface area contributed by atoms with Gasteiger partial charge in [0.05, 0.1) is 24.4 Å². The van der Waals surface area contributed by atoms with Gasteiger partial charge in [0.15, 0.2) is 0 Å². The van der Waals surface area contributed by atoms with Crippen LogP contribution in [0, 0.1) is 12.7 Å². The number of ether oxygens (including phenoxy) is 1. The molecule has 19 heavy (non-hydrogen) atoms. The van der Waals surface area contributed by atoms with E-state index in [0.717, 1.165) is 17.7 Å². The highest BCUT2D eigenvalue weighted by Gasteiger charge is 2.03. The number of rotatable bonds is 6. The zero-order valence-electron chi connectivity index (χ0n) is 10.9. The Kier molecular flexibility index (Phi) is 5.01. The topological polar surface area (TPSA) is 48.1 Å². The van der Waals surface area contributed by atoms with Gasteiger partial charge in [0, 0.05) is 23.4 Å². The van der Waals surface area contributed by atoms with Gasteiger partial charge in [0.2, 0.25) is 0 Å². The van der Waals surface area contributed by atoms with Crippen molar-refractivity contribution in [2.75, 3.05) is 6.61 Å². The minimum absolute atomic E-state index is 0.208. The van der Waals surface area contributed by atoms with Gasteiger partial charge in [-0.3, -0.25) is 0 Å². The summed E-state index contributed by atoms with van der Waals surface area (Å²) in [6, 6.07) is 4.92. The number of aryl methyl sites for hydroxylation is 1. The van der Waals surface area contributed by atoms with Crippen LogP contribution < -0.4 is 5.73 Å². The molecule has 0 aliphatic carbocycles. The largest absolute Gasteiger partial charge is 0.376 e. The lowest BCUT2D eigenvalue weighted by Gasteiger charge is -2.06. The van der Waals surface area contributed by atoms with Crippen LogP contribution in [0.5, 0.6) is 0 Å². The van der Waals surface area contributed by atoms with Gasteiger partial charge in [-0.2, -0.15) is 0 Å². The molecule has 0 atom stereocenters. The molecule has 0 amide bonds. The van der Waals surface area contributed by atoms with Gasteiger partial charge in [0.25, 0.3) is 0 Å². The first-order valence-corrected chi connectivity index (χ1v) is 7.02. The predicted molar refractivity (Wildman–Crippen MR) is 74.5 cm³/mol. The zero-order chi connectivity index (χ0) is 13.7. The van der Waals surface area contributed by atoms with E-state index in [1.54, 1.807) is 23.5 Å². The molecule has 0 unspecified atom stereocenters. The first kappa shape index (κ1) is 14.1. The van der Waals surface area contributed by atoms with Crippen LogP contribution in [-0.4, -0.2) is 11.6 Å². The molecule has 1 heterocycles. The van der Waals surface area contributed by atoms with E-state index >= 15 is 0 Å². The second-order valence-electron chi connectivity index (χ2n) is 4.29. The Bertz CT molecular complexity index is 542. The van der Waals surface area contributed by atoms with Crippen molar-refractivity contribution in [2.45, 2.75) is 26.5 Å². The van der Waals surface area contributed by atoms with Gasteiger partial charge in [-0.05, 0) is 24.6 Å². The van der Waals surface area contributed by atoms with E-state index in [0.29, 0.717) is 18.8 Å². The van der Waals surface area contributed by atoms with Crippen LogP contribution in [0.1, 0.15) is 21.7 Å². The number of hydrogen-bond acceptors (Lipinski definition) is 4. The Labute approximate surface area is 116 Å². The van der Waals surface area contributed by atoms with Crippen molar-refractivity contribution < 1.29 is 9.13 Å².